The molecule has 0 bridgehead atoms. The van der Waals surface area contributed by atoms with E-state index in [0.29, 0.717) is 5.41 Å². The lowest BCUT2D eigenvalue weighted by molar-refractivity contribution is 0.174. The molecule has 1 N–H and O–H groups in total. The van der Waals surface area contributed by atoms with Crippen molar-refractivity contribution in [3.63, 3.8) is 0 Å². The van der Waals surface area contributed by atoms with Crippen molar-refractivity contribution in [3.05, 3.63) is 0 Å². The van der Waals surface area contributed by atoms with Crippen LogP contribution in [0, 0.1) is 23.2 Å². The third-order valence-corrected chi connectivity index (χ3v) is 5.02. The molecular formula is C17H33N. The van der Waals surface area contributed by atoms with Crippen molar-refractivity contribution in [1.29, 1.82) is 0 Å². The predicted molar refractivity (Wildman–Crippen MR) is 79.7 cm³/mol. The van der Waals surface area contributed by atoms with Crippen LogP contribution >= 0.6 is 0 Å². The van der Waals surface area contributed by atoms with Crippen molar-refractivity contribution in [3.8, 4) is 0 Å². The minimum absolute atomic E-state index is 0.272. The monoisotopic (exact) mass is 251 g/mol. The molecule has 0 saturated heterocycles. The summed E-state index contributed by atoms with van der Waals surface area (Å²) in [5.41, 5.74) is 0.906. The first kappa shape index (κ1) is 14.4. The van der Waals surface area contributed by atoms with Crippen LogP contribution in [0.2, 0.25) is 0 Å². The van der Waals surface area contributed by atoms with E-state index in [2.05, 4.69) is 39.9 Å². The van der Waals surface area contributed by atoms with Crippen molar-refractivity contribution < 1.29 is 0 Å². The highest BCUT2D eigenvalue weighted by Gasteiger charge is 2.53. The highest BCUT2D eigenvalue weighted by atomic mass is 15.0. The number of hydrogen-bond donors (Lipinski definition) is 1. The van der Waals surface area contributed by atoms with Crippen LogP contribution < -0.4 is 5.32 Å². The van der Waals surface area contributed by atoms with Crippen LogP contribution in [-0.2, 0) is 0 Å². The smallest absolute Gasteiger partial charge is 0.00967 e. The summed E-state index contributed by atoms with van der Waals surface area (Å²) in [5, 5.41) is 3.79. The Bertz CT molecular complexity index is 266. The standard InChI is InChI=1S/C17H33N/c1-6-7-13(2)9-17(12-18-16(3,4)5)10-14-8-15(14)11-17/h13-15,18H,6-12H2,1-5H3. The molecule has 0 spiro atoms. The first-order chi connectivity index (χ1) is 8.34. The fraction of sp³-hybridized carbons (Fsp3) is 1.00. The van der Waals surface area contributed by atoms with Crippen LogP contribution in [0.25, 0.3) is 0 Å². The van der Waals surface area contributed by atoms with Gasteiger partial charge in [-0.3, -0.25) is 0 Å². The number of fused-ring (bicyclic) bond motifs is 1. The molecule has 18 heavy (non-hydrogen) atoms. The molecule has 2 rings (SSSR count). The molecule has 0 heterocycles. The summed E-state index contributed by atoms with van der Waals surface area (Å²) >= 11 is 0. The highest BCUT2D eigenvalue weighted by Crippen LogP contribution is 2.61. The summed E-state index contributed by atoms with van der Waals surface area (Å²) < 4.78 is 0. The largest absolute Gasteiger partial charge is 0.312 e. The molecule has 2 aliphatic carbocycles. The first-order valence-electron chi connectivity index (χ1n) is 8.09. The molecule has 0 aromatic heterocycles. The maximum absolute atomic E-state index is 3.79. The van der Waals surface area contributed by atoms with Crippen molar-refractivity contribution in [2.75, 3.05) is 6.54 Å². The molecule has 0 aromatic carbocycles. The van der Waals surface area contributed by atoms with Gasteiger partial charge in [0.15, 0.2) is 0 Å². The van der Waals surface area contributed by atoms with E-state index in [1.165, 1.54) is 38.6 Å². The Morgan fingerprint density at radius 2 is 1.83 bits per heavy atom. The summed E-state index contributed by atoms with van der Waals surface area (Å²) in [6, 6.07) is 0. The lowest BCUT2D eigenvalue weighted by atomic mass is 9.74. The van der Waals surface area contributed by atoms with Crippen molar-refractivity contribution in [2.45, 2.75) is 78.7 Å². The van der Waals surface area contributed by atoms with Gasteiger partial charge in [0, 0.05) is 12.1 Å². The van der Waals surface area contributed by atoms with Crippen LogP contribution in [-0.4, -0.2) is 12.1 Å². The van der Waals surface area contributed by atoms with Crippen LogP contribution in [0.3, 0.4) is 0 Å². The van der Waals surface area contributed by atoms with Gasteiger partial charge in [-0.05, 0) is 69.6 Å². The van der Waals surface area contributed by atoms with Gasteiger partial charge in [-0.15, -0.1) is 0 Å². The van der Waals surface area contributed by atoms with E-state index in [1.54, 1.807) is 6.42 Å². The van der Waals surface area contributed by atoms with E-state index in [-0.39, 0.29) is 5.54 Å². The zero-order valence-electron chi connectivity index (χ0n) is 13.2. The average molecular weight is 251 g/mol. The molecule has 3 unspecified atom stereocenters. The molecule has 0 aliphatic heterocycles. The van der Waals surface area contributed by atoms with Gasteiger partial charge in [0.1, 0.15) is 0 Å². The minimum Gasteiger partial charge on any atom is -0.312 e. The van der Waals surface area contributed by atoms with Gasteiger partial charge >= 0.3 is 0 Å². The van der Waals surface area contributed by atoms with Crippen molar-refractivity contribution >= 4 is 0 Å². The van der Waals surface area contributed by atoms with E-state index >= 15 is 0 Å². The Hall–Kier alpha value is -0.0400. The van der Waals surface area contributed by atoms with Crippen molar-refractivity contribution in [1.82, 2.24) is 5.32 Å². The van der Waals surface area contributed by atoms with Gasteiger partial charge in [-0.1, -0.05) is 26.7 Å². The zero-order valence-corrected chi connectivity index (χ0v) is 13.2. The fourth-order valence-corrected chi connectivity index (χ4v) is 4.18. The summed E-state index contributed by atoms with van der Waals surface area (Å²) in [5.74, 6) is 3.11. The topological polar surface area (TPSA) is 12.0 Å². The molecule has 2 aliphatic rings. The summed E-state index contributed by atoms with van der Waals surface area (Å²) in [7, 11) is 0. The van der Waals surface area contributed by atoms with Gasteiger partial charge in [-0.2, -0.15) is 0 Å². The van der Waals surface area contributed by atoms with E-state index in [0.717, 1.165) is 17.8 Å². The van der Waals surface area contributed by atoms with Gasteiger partial charge < -0.3 is 5.32 Å². The Morgan fingerprint density at radius 3 is 2.33 bits per heavy atom. The van der Waals surface area contributed by atoms with Gasteiger partial charge in [-0.25, -0.2) is 0 Å². The second kappa shape index (κ2) is 5.15. The highest BCUT2D eigenvalue weighted by molar-refractivity contribution is 5.04. The Kier molecular flexibility index (Phi) is 4.11. The third kappa shape index (κ3) is 3.73. The minimum atomic E-state index is 0.272. The molecule has 0 amide bonds. The third-order valence-electron chi connectivity index (χ3n) is 5.02. The van der Waals surface area contributed by atoms with Crippen LogP contribution in [0.1, 0.15) is 73.1 Å². The van der Waals surface area contributed by atoms with Crippen LogP contribution in [0.4, 0.5) is 0 Å². The Balaban J connectivity index is 1.91. The maximum Gasteiger partial charge on any atom is 0.00967 e. The fourth-order valence-electron chi connectivity index (χ4n) is 4.18. The SMILES string of the molecule is CCCC(C)CC1(CNC(C)(C)C)CC2CC2C1. The molecule has 0 aromatic rings. The maximum atomic E-state index is 3.79. The summed E-state index contributed by atoms with van der Waals surface area (Å²) in [4.78, 5) is 0. The Labute approximate surface area is 114 Å². The second-order valence-corrected chi connectivity index (χ2v) is 8.37. The second-order valence-electron chi connectivity index (χ2n) is 8.37. The van der Waals surface area contributed by atoms with Crippen LogP contribution in [0.5, 0.6) is 0 Å². The van der Waals surface area contributed by atoms with E-state index in [9.17, 15) is 0 Å². The zero-order chi connectivity index (χ0) is 13.4. The number of rotatable bonds is 6. The summed E-state index contributed by atoms with van der Waals surface area (Å²) in [6.45, 7) is 12.9. The number of hydrogen-bond acceptors (Lipinski definition) is 1. The predicted octanol–water partition coefficient (Wildman–Crippen LogP) is 4.62. The van der Waals surface area contributed by atoms with Crippen molar-refractivity contribution in [2.24, 2.45) is 23.2 Å². The molecule has 1 nitrogen and oxygen atoms in total. The Morgan fingerprint density at radius 1 is 1.22 bits per heavy atom. The van der Waals surface area contributed by atoms with Gasteiger partial charge in [0.05, 0.1) is 0 Å². The van der Waals surface area contributed by atoms with Gasteiger partial charge in [0.25, 0.3) is 0 Å². The molecule has 2 saturated carbocycles. The summed E-state index contributed by atoms with van der Waals surface area (Å²) in [6.07, 6.45) is 8.77. The lowest BCUT2D eigenvalue weighted by Crippen LogP contribution is -2.44. The van der Waals surface area contributed by atoms with Crippen LogP contribution in [0.15, 0.2) is 0 Å². The first-order valence-corrected chi connectivity index (χ1v) is 8.09. The lowest BCUT2D eigenvalue weighted by Gasteiger charge is -2.37. The normalized spacial score (nSPS) is 36.5. The quantitative estimate of drug-likeness (QED) is 0.726. The molecular weight excluding hydrogens is 218 g/mol. The molecule has 3 atom stereocenters. The molecule has 2 fully saturated rings. The van der Waals surface area contributed by atoms with E-state index < -0.39 is 0 Å². The van der Waals surface area contributed by atoms with Gasteiger partial charge in [0.2, 0.25) is 0 Å². The molecule has 1 heteroatoms. The van der Waals surface area contributed by atoms with E-state index in [4.69, 9.17) is 0 Å². The number of nitrogens with one attached hydrogen (secondary N) is 1. The molecule has 0 radical (unpaired) electrons. The van der Waals surface area contributed by atoms with E-state index in [1.807, 2.05) is 0 Å². The molecule has 106 valence electrons. The average Bonchev–Trinajstić information content (AvgIpc) is 2.84.